The molecule has 1 aromatic carbocycles. The average Bonchev–Trinajstić information content (AvgIpc) is 2.98. The quantitative estimate of drug-likeness (QED) is 0.814. The van der Waals surface area contributed by atoms with E-state index < -0.39 is 0 Å². The summed E-state index contributed by atoms with van der Waals surface area (Å²) in [6.45, 7) is 9.67. The number of nitrogens with one attached hydrogen (secondary N) is 1. The second-order valence-electron chi connectivity index (χ2n) is 6.23. The van der Waals surface area contributed by atoms with Crippen molar-refractivity contribution in [2.24, 2.45) is 0 Å². The molecule has 1 atom stereocenters. The molecule has 0 radical (unpaired) electrons. The van der Waals surface area contributed by atoms with Gasteiger partial charge in [-0.25, -0.2) is 0 Å². The fourth-order valence-corrected chi connectivity index (χ4v) is 4.91. The van der Waals surface area contributed by atoms with Gasteiger partial charge in [-0.15, -0.1) is 11.8 Å². The SMILES string of the molecule is C/C=C\C1=C(C)SC(C(=O)NCC)c2c1n(CC)c1c(OC)cccc21. The molecule has 26 heavy (non-hydrogen) atoms. The maximum absolute atomic E-state index is 12.9. The van der Waals surface area contributed by atoms with Crippen molar-refractivity contribution < 1.29 is 9.53 Å². The van der Waals surface area contributed by atoms with E-state index in [1.807, 2.05) is 26.0 Å². The van der Waals surface area contributed by atoms with Gasteiger partial charge in [0.2, 0.25) is 5.91 Å². The molecule has 1 aromatic heterocycles. The Morgan fingerprint density at radius 3 is 2.77 bits per heavy atom. The Bertz CT molecular complexity index is 908. The highest BCUT2D eigenvalue weighted by Crippen LogP contribution is 2.51. The molecular formula is C21H26N2O2S. The first kappa shape index (κ1) is 18.6. The number of thioether (sulfide) groups is 1. The first-order valence-corrected chi connectivity index (χ1v) is 9.94. The van der Waals surface area contributed by atoms with Gasteiger partial charge in [0.1, 0.15) is 11.0 Å². The molecule has 2 aromatic rings. The summed E-state index contributed by atoms with van der Waals surface area (Å²) in [5.74, 6) is 0.909. The largest absolute Gasteiger partial charge is 0.495 e. The molecule has 5 heteroatoms. The third kappa shape index (κ3) is 2.84. The summed E-state index contributed by atoms with van der Waals surface area (Å²) in [7, 11) is 1.70. The molecule has 0 saturated heterocycles. The molecule has 2 heterocycles. The van der Waals surface area contributed by atoms with Crippen LogP contribution in [0.3, 0.4) is 0 Å². The summed E-state index contributed by atoms with van der Waals surface area (Å²) in [5, 5.41) is 3.85. The van der Waals surface area contributed by atoms with E-state index in [0.717, 1.165) is 34.5 Å². The lowest BCUT2D eigenvalue weighted by Gasteiger charge is -2.25. The topological polar surface area (TPSA) is 43.3 Å². The lowest BCUT2D eigenvalue weighted by atomic mass is 10.00. The van der Waals surface area contributed by atoms with Gasteiger partial charge >= 0.3 is 0 Å². The molecule has 0 spiro atoms. The number of para-hydroxylation sites is 1. The van der Waals surface area contributed by atoms with Crippen LogP contribution in [0.2, 0.25) is 0 Å². The number of methoxy groups -OCH3 is 1. The van der Waals surface area contributed by atoms with Crippen LogP contribution in [0.1, 0.15) is 44.2 Å². The summed E-state index contributed by atoms with van der Waals surface area (Å²) in [5.41, 5.74) is 4.48. The van der Waals surface area contributed by atoms with Crippen LogP contribution in [0.15, 0.2) is 35.3 Å². The van der Waals surface area contributed by atoms with Gasteiger partial charge in [0.05, 0.1) is 18.3 Å². The van der Waals surface area contributed by atoms with Crippen LogP contribution in [0.5, 0.6) is 5.75 Å². The van der Waals surface area contributed by atoms with Crippen LogP contribution in [0.4, 0.5) is 0 Å². The normalized spacial score (nSPS) is 17.0. The maximum Gasteiger partial charge on any atom is 0.238 e. The van der Waals surface area contributed by atoms with Crippen molar-refractivity contribution in [2.45, 2.75) is 39.5 Å². The molecule has 3 rings (SSSR count). The van der Waals surface area contributed by atoms with Crippen molar-refractivity contribution in [3.63, 3.8) is 0 Å². The number of benzene rings is 1. The minimum absolute atomic E-state index is 0.0654. The lowest BCUT2D eigenvalue weighted by Crippen LogP contribution is -2.29. The predicted molar refractivity (Wildman–Crippen MR) is 111 cm³/mol. The van der Waals surface area contributed by atoms with Gasteiger partial charge in [-0.2, -0.15) is 0 Å². The van der Waals surface area contributed by atoms with E-state index in [1.165, 1.54) is 10.5 Å². The standard InChI is InChI=1S/C21H26N2O2S/c1-6-10-14-13(4)26-20(21(24)22-7-2)17-15-11-9-12-16(25-5)18(15)23(8-3)19(14)17/h6,9-12,20H,7-8H2,1-5H3,(H,22,24)/b10-6-. The Hall–Kier alpha value is -2.14. The number of likely N-dealkylation sites (N-methyl/N-ethyl adjacent to an activating group) is 1. The number of fused-ring (bicyclic) bond motifs is 3. The van der Waals surface area contributed by atoms with Gasteiger partial charge in [-0.1, -0.05) is 24.3 Å². The van der Waals surface area contributed by atoms with E-state index in [4.69, 9.17) is 4.74 Å². The van der Waals surface area contributed by atoms with E-state index >= 15 is 0 Å². The number of carbonyl (C=O) groups is 1. The third-order valence-corrected chi connectivity index (χ3v) is 5.99. The van der Waals surface area contributed by atoms with Gasteiger partial charge in [-0.05, 0) is 38.7 Å². The minimum Gasteiger partial charge on any atom is -0.495 e. The van der Waals surface area contributed by atoms with E-state index in [1.54, 1.807) is 18.9 Å². The first-order valence-electron chi connectivity index (χ1n) is 9.06. The van der Waals surface area contributed by atoms with Crippen LogP contribution in [0, 0.1) is 0 Å². The van der Waals surface area contributed by atoms with Gasteiger partial charge in [0.15, 0.2) is 0 Å². The molecule has 0 aliphatic carbocycles. The molecule has 4 nitrogen and oxygen atoms in total. The molecule has 1 unspecified atom stereocenters. The monoisotopic (exact) mass is 370 g/mol. The van der Waals surface area contributed by atoms with Crippen LogP contribution in [-0.2, 0) is 11.3 Å². The van der Waals surface area contributed by atoms with Gasteiger partial charge < -0.3 is 14.6 Å². The number of rotatable bonds is 5. The fourth-order valence-electron chi connectivity index (χ4n) is 3.72. The van der Waals surface area contributed by atoms with Crippen molar-refractivity contribution in [2.75, 3.05) is 13.7 Å². The number of allylic oxidation sites excluding steroid dienone is 4. The van der Waals surface area contributed by atoms with E-state index in [-0.39, 0.29) is 11.2 Å². The highest BCUT2D eigenvalue weighted by Gasteiger charge is 2.35. The number of hydrogen-bond donors (Lipinski definition) is 1. The zero-order chi connectivity index (χ0) is 18.8. The van der Waals surface area contributed by atoms with E-state index in [0.29, 0.717) is 6.54 Å². The first-order chi connectivity index (χ1) is 12.6. The molecule has 0 fully saturated rings. The maximum atomic E-state index is 12.9. The Kier molecular flexibility index (Phi) is 5.47. The molecule has 1 N–H and O–H groups in total. The number of hydrogen-bond acceptors (Lipinski definition) is 3. The van der Waals surface area contributed by atoms with E-state index in [9.17, 15) is 4.79 Å². The zero-order valence-electron chi connectivity index (χ0n) is 16.1. The number of carbonyl (C=O) groups excluding carboxylic acids is 1. The molecule has 138 valence electrons. The Labute approximate surface area is 159 Å². The van der Waals surface area contributed by atoms with Crippen LogP contribution < -0.4 is 10.1 Å². The smallest absolute Gasteiger partial charge is 0.238 e. The Morgan fingerprint density at radius 2 is 2.15 bits per heavy atom. The van der Waals surface area contributed by atoms with Crippen LogP contribution >= 0.6 is 11.8 Å². The van der Waals surface area contributed by atoms with Gasteiger partial charge in [0.25, 0.3) is 0 Å². The van der Waals surface area contributed by atoms with Crippen molar-refractivity contribution >= 4 is 34.1 Å². The summed E-state index contributed by atoms with van der Waals surface area (Å²) in [6.07, 6.45) is 4.21. The minimum atomic E-state index is -0.249. The Morgan fingerprint density at radius 1 is 1.38 bits per heavy atom. The number of ether oxygens (including phenoxy) is 1. The highest BCUT2D eigenvalue weighted by atomic mass is 32.2. The number of nitrogens with zero attached hydrogens (tertiary/aromatic N) is 1. The second kappa shape index (κ2) is 7.62. The van der Waals surface area contributed by atoms with Gasteiger partial charge in [0, 0.05) is 29.6 Å². The lowest BCUT2D eigenvalue weighted by molar-refractivity contribution is -0.120. The predicted octanol–water partition coefficient (Wildman–Crippen LogP) is 4.90. The van der Waals surface area contributed by atoms with Crippen molar-refractivity contribution in [3.05, 3.63) is 46.5 Å². The highest BCUT2D eigenvalue weighted by molar-refractivity contribution is 8.04. The van der Waals surface area contributed by atoms with Crippen molar-refractivity contribution in [1.82, 2.24) is 9.88 Å². The molecule has 0 bridgehead atoms. The summed E-state index contributed by atoms with van der Waals surface area (Å²) >= 11 is 1.64. The second-order valence-corrected chi connectivity index (χ2v) is 7.54. The Balaban J connectivity index is 2.41. The zero-order valence-corrected chi connectivity index (χ0v) is 16.9. The van der Waals surface area contributed by atoms with Crippen molar-refractivity contribution in [1.29, 1.82) is 0 Å². The molecule has 0 saturated carbocycles. The molecular weight excluding hydrogens is 344 g/mol. The molecule has 1 aliphatic rings. The van der Waals surface area contributed by atoms with Crippen molar-refractivity contribution in [3.8, 4) is 5.75 Å². The number of aromatic nitrogens is 1. The summed E-state index contributed by atoms with van der Waals surface area (Å²) in [4.78, 5) is 14.0. The number of aryl methyl sites for hydroxylation is 1. The molecule has 1 aliphatic heterocycles. The average molecular weight is 371 g/mol. The summed E-state index contributed by atoms with van der Waals surface area (Å²) < 4.78 is 7.94. The number of amides is 1. The fraction of sp³-hybridized carbons (Fsp3) is 0.381. The third-order valence-electron chi connectivity index (χ3n) is 4.73. The van der Waals surface area contributed by atoms with Gasteiger partial charge in [-0.3, -0.25) is 4.79 Å². The van der Waals surface area contributed by atoms with Crippen LogP contribution in [-0.4, -0.2) is 24.1 Å². The molecule has 1 amide bonds. The van der Waals surface area contributed by atoms with Crippen LogP contribution in [0.25, 0.3) is 16.5 Å². The summed E-state index contributed by atoms with van der Waals surface area (Å²) in [6, 6.07) is 6.09. The van der Waals surface area contributed by atoms with E-state index in [2.05, 4.69) is 41.9 Å².